The maximum atomic E-state index is 11.7. The van der Waals surface area contributed by atoms with E-state index in [0.717, 1.165) is 0 Å². The van der Waals surface area contributed by atoms with Gasteiger partial charge in [-0.2, -0.15) is 0 Å². The molecule has 1 rings (SSSR count). The second kappa shape index (κ2) is 8.15. The van der Waals surface area contributed by atoms with Crippen molar-refractivity contribution in [1.82, 2.24) is 0 Å². The first-order valence-electron chi connectivity index (χ1n) is 6.37. The van der Waals surface area contributed by atoms with Crippen LogP contribution < -0.4 is 0 Å². The number of cyclic esters (lactones) is 1. The van der Waals surface area contributed by atoms with E-state index in [0.29, 0.717) is 0 Å². The first kappa shape index (κ1) is 17.7. The van der Waals surface area contributed by atoms with Crippen molar-refractivity contribution in [2.24, 2.45) is 0 Å². The molecule has 21 heavy (non-hydrogen) atoms. The van der Waals surface area contributed by atoms with Crippen LogP contribution in [0.1, 0.15) is 6.92 Å². The molecule has 5 N–H and O–H groups in total. The Morgan fingerprint density at radius 3 is 2.33 bits per heavy atom. The van der Waals surface area contributed by atoms with E-state index in [1.54, 1.807) is 0 Å². The minimum atomic E-state index is -1.41. The number of rotatable bonds is 9. The molecule has 0 aromatic carbocycles. The number of hydrogen-bond donors (Lipinski definition) is 5. The molecule has 0 bridgehead atoms. The molecule has 0 fully saturated rings. The lowest BCUT2D eigenvalue weighted by Crippen LogP contribution is -2.33. The van der Waals surface area contributed by atoms with Crippen LogP contribution in [-0.2, 0) is 19.0 Å². The van der Waals surface area contributed by atoms with Crippen LogP contribution in [0.25, 0.3) is 0 Å². The lowest BCUT2D eigenvalue weighted by atomic mass is 10.2. The van der Waals surface area contributed by atoms with Gasteiger partial charge in [-0.3, -0.25) is 0 Å². The van der Waals surface area contributed by atoms with E-state index < -0.39 is 43.6 Å². The molecule has 0 aromatic rings. The van der Waals surface area contributed by atoms with Crippen LogP contribution >= 0.6 is 0 Å². The van der Waals surface area contributed by atoms with Gasteiger partial charge in [0.15, 0.2) is 11.9 Å². The summed E-state index contributed by atoms with van der Waals surface area (Å²) in [5.41, 5.74) is 0. The standard InChI is InChI=1S/C12H20O9/c1-6(15)4-19-10-9(8(17)3-14)21-12(18)11(10)20-5-7(16)2-13/h6-9,13-17H,2-5H2,1H3. The van der Waals surface area contributed by atoms with Gasteiger partial charge in [0.1, 0.15) is 25.4 Å². The van der Waals surface area contributed by atoms with Gasteiger partial charge in [-0.25, -0.2) is 4.79 Å². The molecular formula is C12H20O9. The highest BCUT2D eigenvalue weighted by Crippen LogP contribution is 2.27. The summed E-state index contributed by atoms with van der Waals surface area (Å²) >= 11 is 0. The first-order chi connectivity index (χ1) is 9.90. The highest BCUT2D eigenvalue weighted by atomic mass is 16.6. The van der Waals surface area contributed by atoms with E-state index in [1.165, 1.54) is 6.92 Å². The van der Waals surface area contributed by atoms with Crippen molar-refractivity contribution in [2.75, 3.05) is 26.4 Å². The molecule has 0 aromatic heterocycles. The Morgan fingerprint density at radius 1 is 1.14 bits per heavy atom. The summed E-state index contributed by atoms with van der Waals surface area (Å²) in [5.74, 6) is -1.48. The molecule has 9 nitrogen and oxygen atoms in total. The maximum Gasteiger partial charge on any atom is 0.378 e. The third kappa shape index (κ3) is 4.83. The largest absolute Gasteiger partial charge is 0.487 e. The fourth-order valence-electron chi connectivity index (χ4n) is 1.52. The van der Waals surface area contributed by atoms with E-state index in [4.69, 9.17) is 24.4 Å². The lowest BCUT2D eigenvalue weighted by Gasteiger charge is -2.19. The fraction of sp³-hybridized carbons (Fsp3) is 0.750. The lowest BCUT2D eigenvalue weighted by molar-refractivity contribution is -0.149. The summed E-state index contributed by atoms with van der Waals surface area (Å²) in [4.78, 5) is 11.7. The average molecular weight is 308 g/mol. The zero-order valence-electron chi connectivity index (χ0n) is 11.5. The Balaban J connectivity index is 2.89. The van der Waals surface area contributed by atoms with Crippen molar-refractivity contribution >= 4 is 5.97 Å². The third-order valence-corrected chi connectivity index (χ3v) is 2.55. The van der Waals surface area contributed by atoms with Gasteiger partial charge in [0.2, 0.25) is 5.76 Å². The smallest absolute Gasteiger partial charge is 0.378 e. The van der Waals surface area contributed by atoms with Gasteiger partial charge in [-0.05, 0) is 6.92 Å². The Bertz CT molecular complexity index is 379. The second-order valence-corrected chi connectivity index (χ2v) is 4.58. The minimum Gasteiger partial charge on any atom is -0.487 e. The van der Waals surface area contributed by atoms with Crippen molar-refractivity contribution in [2.45, 2.75) is 31.3 Å². The third-order valence-electron chi connectivity index (χ3n) is 2.55. The Labute approximate surface area is 121 Å². The predicted molar refractivity (Wildman–Crippen MR) is 66.7 cm³/mol. The summed E-state index contributed by atoms with van der Waals surface area (Å²) < 4.78 is 15.1. The highest BCUT2D eigenvalue weighted by molar-refractivity contribution is 5.89. The molecular weight excluding hydrogens is 288 g/mol. The van der Waals surface area contributed by atoms with Crippen molar-refractivity contribution in [3.8, 4) is 0 Å². The van der Waals surface area contributed by atoms with Gasteiger partial charge < -0.3 is 39.7 Å². The van der Waals surface area contributed by atoms with Crippen LogP contribution in [0, 0.1) is 0 Å². The number of ether oxygens (including phenoxy) is 3. The summed E-state index contributed by atoms with van der Waals surface area (Å²) in [6.07, 6.45) is -4.72. The van der Waals surface area contributed by atoms with Gasteiger partial charge in [-0.15, -0.1) is 0 Å². The van der Waals surface area contributed by atoms with E-state index in [9.17, 15) is 20.1 Å². The monoisotopic (exact) mass is 308 g/mol. The molecule has 0 saturated carbocycles. The number of carbonyl (C=O) groups excluding carboxylic acids is 1. The first-order valence-corrected chi connectivity index (χ1v) is 6.37. The SMILES string of the molecule is CC(O)COC1=C(OCC(O)CO)C(=O)OC1C(O)CO. The van der Waals surface area contributed by atoms with Gasteiger partial charge >= 0.3 is 5.97 Å². The number of hydrogen-bond acceptors (Lipinski definition) is 9. The molecule has 4 atom stereocenters. The fourth-order valence-corrected chi connectivity index (χ4v) is 1.52. The van der Waals surface area contributed by atoms with Crippen LogP contribution in [0.5, 0.6) is 0 Å². The highest BCUT2D eigenvalue weighted by Gasteiger charge is 2.42. The maximum absolute atomic E-state index is 11.7. The Morgan fingerprint density at radius 2 is 1.81 bits per heavy atom. The van der Waals surface area contributed by atoms with E-state index >= 15 is 0 Å². The van der Waals surface area contributed by atoms with E-state index in [2.05, 4.69) is 0 Å². The topological polar surface area (TPSA) is 146 Å². The summed E-state index contributed by atoms with van der Waals surface area (Å²) in [5, 5.41) is 45.6. The van der Waals surface area contributed by atoms with Crippen molar-refractivity contribution in [3.05, 3.63) is 11.5 Å². The molecule has 0 saturated heterocycles. The Hall–Kier alpha value is -1.39. The number of aliphatic hydroxyl groups excluding tert-OH is 5. The Kier molecular flexibility index (Phi) is 6.85. The van der Waals surface area contributed by atoms with Crippen LogP contribution in [0.2, 0.25) is 0 Å². The molecule has 9 heteroatoms. The predicted octanol–water partition coefficient (Wildman–Crippen LogP) is -2.76. The molecule has 0 radical (unpaired) electrons. The summed E-state index contributed by atoms with van der Waals surface area (Å²) in [6, 6.07) is 0. The summed E-state index contributed by atoms with van der Waals surface area (Å²) in [7, 11) is 0. The zero-order chi connectivity index (χ0) is 16.0. The van der Waals surface area contributed by atoms with Gasteiger partial charge in [0.25, 0.3) is 0 Å². The van der Waals surface area contributed by atoms with Crippen LogP contribution in [0.15, 0.2) is 11.5 Å². The van der Waals surface area contributed by atoms with Gasteiger partial charge in [0, 0.05) is 0 Å². The molecule has 1 aliphatic heterocycles. The number of esters is 1. The van der Waals surface area contributed by atoms with E-state index in [1.807, 2.05) is 0 Å². The normalized spacial score (nSPS) is 22.8. The van der Waals surface area contributed by atoms with Crippen molar-refractivity contribution in [3.63, 3.8) is 0 Å². The molecule has 0 spiro atoms. The average Bonchev–Trinajstić information content (AvgIpc) is 2.77. The van der Waals surface area contributed by atoms with Crippen LogP contribution in [0.4, 0.5) is 0 Å². The summed E-state index contributed by atoms with van der Waals surface area (Å²) in [6.45, 7) is -0.354. The van der Waals surface area contributed by atoms with Crippen molar-refractivity contribution < 1.29 is 44.5 Å². The number of carbonyl (C=O) groups is 1. The number of aliphatic hydroxyl groups is 5. The van der Waals surface area contributed by atoms with Crippen LogP contribution in [-0.4, -0.2) is 82.3 Å². The van der Waals surface area contributed by atoms with Gasteiger partial charge in [0.05, 0.1) is 19.3 Å². The quantitative estimate of drug-likeness (QED) is 0.286. The van der Waals surface area contributed by atoms with Crippen LogP contribution in [0.3, 0.4) is 0 Å². The van der Waals surface area contributed by atoms with E-state index in [-0.39, 0.29) is 24.7 Å². The molecule has 1 aliphatic rings. The molecule has 0 amide bonds. The molecule has 4 unspecified atom stereocenters. The zero-order valence-corrected chi connectivity index (χ0v) is 11.5. The van der Waals surface area contributed by atoms with Gasteiger partial charge in [-0.1, -0.05) is 0 Å². The molecule has 122 valence electrons. The molecule has 1 heterocycles. The van der Waals surface area contributed by atoms with Crippen molar-refractivity contribution in [1.29, 1.82) is 0 Å². The second-order valence-electron chi connectivity index (χ2n) is 4.58. The minimum absolute atomic E-state index is 0.174. The molecule has 0 aliphatic carbocycles.